The Labute approximate surface area is 158 Å². The van der Waals surface area contributed by atoms with Crippen LogP contribution in [0.3, 0.4) is 0 Å². The number of amides is 2. The summed E-state index contributed by atoms with van der Waals surface area (Å²) in [7, 11) is 0. The minimum Gasteiger partial charge on any atom is -0.360 e. The highest BCUT2D eigenvalue weighted by Crippen LogP contribution is 2.23. The summed E-state index contributed by atoms with van der Waals surface area (Å²) in [5.74, 6) is 0.829. The zero-order chi connectivity index (χ0) is 19.3. The van der Waals surface area contributed by atoms with E-state index in [0.717, 1.165) is 5.69 Å². The molecule has 2 amide bonds. The van der Waals surface area contributed by atoms with Gasteiger partial charge in [-0.15, -0.1) is 11.8 Å². The molecule has 6 nitrogen and oxygen atoms in total. The van der Waals surface area contributed by atoms with Gasteiger partial charge in [0.1, 0.15) is 5.76 Å². The highest BCUT2D eigenvalue weighted by Gasteiger charge is 2.17. The third-order valence-electron chi connectivity index (χ3n) is 3.75. The van der Waals surface area contributed by atoms with Gasteiger partial charge in [0.25, 0.3) is 0 Å². The molecule has 0 spiro atoms. The van der Waals surface area contributed by atoms with E-state index in [2.05, 4.69) is 36.6 Å². The van der Waals surface area contributed by atoms with E-state index in [1.165, 1.54) is 17.3 Å². The maximum Gasteiger partial charge on any atom is 0.238 e. The molecule has 0 aliphatic heterocycles. The summed E-state index contributed by atoms with van der Waals surface area (Å²) in [5, 5.41) is 8.84. The summed E-state index contributed by atoms with van der Waals surface area (Å²) in [5.41, 5.74) is 2.03. The van der Waals surface area contributed by atoms with Crippen LogP contribution in [0.25, 0.3) is 0 Å². The van der Waals surface area contributed by atoms with Gasteiger partial charge in [0, 0.05) is 11.8 Å². The summed E-state index contributed by atoms with van der Waals surface area (Å²) in [4.78, 5) is 24.2. The number of carbonyl (C=O) groups excluding carboxylic acids is 2. The lowest BCUT2D eigenvalue weighted by atomic mass is 9.87. The Morgan fingerprint density at radius 3 is 2.38 bits per heavy atom. The topological polar surface area (TPSA) is 84.2 Å². The van der Waals surface area contributed by atoms with Crippen LogP contribution in [-0.2, 0) is 15.0 Å². The molecule has 0 aliphatic carbocycles. The lowest BCUT2D eigenvalue weighted by Gasteiger charge is -2.19. The second kappa shape index (κ2) is 8.40. The smallest absolute Gasteiger partial charge is 0.238 e. The van der Waals surface area contributed by atoms with Gasteiger partial charge < -0.3 is 15.2 Å². The predicted molar refractivity (Wildman–Crippen MR) is 106 cm³/mol. The first-order chi connectivity index (χ1) is 12.1. The number of aromatic nitrogens is 1. The molecule has 140 valence electrons. The first kappa shape index (κ1) is 20.0. The number of rotatable bonds is 6. The minimum absolute atomic E-state index is 0.0730. The summed E-state index contributed by atoms with van der Waals surface area (Å²) in [6.07, 6.45) is 0. The number of anilines is 2. The molecule has 1 unspecified atom stereocenters. The largest absolute Gasteiger partial charge is 0.360 e. The summed E-state index contributed by atoms with van der Waals surface area (Å²) in [6, 6.07) is 9.46. The number of benzene rings is 1. The van der Waals surface area contributed by atoms with Gasteiger partial charge in [-0.2, -0.15) is 0 Å². The van der Waals surface area contributed by atoms with Crippen molar-refractivity contribution < 1.29 is 14.1 Å². The van der Waals surface area contributed by atoms with Gasteiger partial charge in [-0.05, 0) is 37.0 Å². The molecule has 0 aliphatic rings. The Kier molecular flexibility index (Phi) is 6.47. The molecule has 1 heterocycles. The lowest BCUT2D eigenvalue weighted by Crippen LogP contribution is -2.25. The van der Waals surface area contributed by atoms with Crippen LogP contribution in [0.2, 0.25) is 0 Å². The van der Waals surface area contributed by atoms with Crippen molar-refractivity contribution in [3.8, 4) is 0 Å². The van der Waals surface area contributed by atoms with Crippen LogP contribution >= 0.6 is 11.8 Å². The molecule has 2 rings (SSSR count). The highest BCUT2D eigenvalue weighted by molar-refractivity contribution is 8.01. The zero-order valence-corrected chi connectivity index (χ0v) is 16.6. The Balaban J connectivity index is 1.79. The van der Waals surface area contributed by atoms with Crippen LogP contribution in [0, 0.1) is 6.92 Å². The quantitative estimate of drug-likeness (QED) is 0.798. The van der Waals surface area contributed by atoms with E-state index in [1.807, 2.05) is 24.3 Å². The van der Waals surface area contributed by atoms with Gasteiger partial charge in [-0.3, -0.25) is 9.59 Å². The fraction of sp³-hybridized carbons (Fsp3) is 0.421. The maximum absolute atomic E-state index is 12.1. The van der Waals surface area contributed by atoms with Crippen molar-refractivity contribution in [2.24, 2.45) is 0 Å². The van der Waals surface area contributed by atoms with Crippen LogP contribution in [0.15, 0.2) is 34.9 Å². The first-order valence-electron chi connectivity index (χ1n) is 8.41. The van der Waals surface area contributed by atoms with Gasteiger partial charge >= 0.3 is 0 Å². The molecule has 2 aromatic rings. The average Bonchev–Trinajstić information content (AvgIpc) is 2.97. The number of aryl methyl sites for hydroxylation is 1. The van der Waals surface area contributed by atoms with Gasteiger partial charge in [0.15, 0.2) is 5.82 Å². The molecule has 1 aromatic heterocycles. The Morgan fingerprint density at radius 2 is 1.85 bits per heavy atom. The molecule has 1 aromatic carbocycles. The maximum atomic E-state index is 12.1. The minimum atomic E-state index is -0.388. The molecule has 7 heteroatoms. The third kappa shape index (κ3) is 5.91. The van der Waals surface area contributed by atoms with Crippen LogP contribution in [0.5, 0.6) is 0 Å². The lowest BCUT2D eigenvalue weighted by molar-refractivity contribution is -0.115. The van der Waals surface area contributed by atoms with Crippen LogP contribution in [-0.4, -0.2) is 28.0 Å². The number of nitrogens with one attached hydrogen (secondary N) is 2. The second-order valence-corrected chi connectivity index (χ2v) is 8.47. The molecule has 0 saturated carbocycles. The van der Waals surface area contributed by atoms with Crippen molar-refractivity contribution in [2.45, 2.75) is 45.3 Å². The van der Waals surface area contributed by atoms with Crippen molar-refractivity contribution in [3.63, 3.8) is 0 Å². The predicted octanol–water partition coefficient (Wildman–Crippen LogP) is 3.98. The molecular formula is C19H25N3O3S. The van der Waals surface area contributed by atoms with Crippen molar-refractivity contribution in [2.75, 3.05) is 16.4 Å². The van der Waals surface area contributed by atoms with E-state index in [4.69, 9.17) is 4.52 Å². The standard InChI is InChI=1S/C19H25N3O3S/c1-12-10-16(22-25-12)21-18(24)13(2)26-11-17(23)20-15-8-6-14(7-9-15)19(3,4)5/h6-10,13H,11H2,1-5H3,(H,20,23)(H,21,22,24). The molecule has 26 heavy (non-hydrogen) atoms. The number of hydrogen-bond acceptors (Lipinski definition) is 5. The van der Waals surface area contributed by atoms with E-state index >= 15 is 0 Å². The summed E-state index contributed by atoms with van der Waals surface area (Å²) in [6.45, 7) is 9.93. The monoisotopic (exact) mass is 375 g/mol. The van der Waals surface area contributed by atoms with Crippen LogP contribution < -0.4 is 10.6 Å². The highest BCUT2D eigenvalue weighted by atomic mass is 32.2. The van der Waals surface area contributed by atoms with Gasteiger partial charge in [0.2, 0.25) is 11.8 Å². The number of thioether (sulfide) groups is 1. The summed E-state index contributed by atoms with van der Waals surface area (Å²) >= 11 is 1.26. The van der Waals surface area contributed by atoms with E-state index in [-0.39, 0.29) is 28.2 Å². The number of hydrogen-bond donors (Lipinski definition) is 2. The molecule has 2 N–H and O–H groups in total. The molecule has 0 radical (unpaired) electrons. The van der Waals surface area contributed by atoms with E-state index in [9.17, 15) is 9.59 Å². The Hall–Kier alpha value is -2.28. The normalized spacial score (nSPS) is 12.5. The van der Waals surface area contributed by atoms with Gasteiger partial charge in [-0.25, -0.2) is 0 Å². The molecule has 1 atom stereocenters. The van der Waals surface area contributed by atoms with Gasteiger partial charge in [0.05, 0.1) is 11.0 Å². The zero-order valence-electron chi connectivity index (χ0n) is 15.8. The van der Waals surface area contributed by atoms with Crippen molar-refractivity contribution in [1.82, 2.24) is 5.16 Å². The second-order valence-electron chi connectivity index (χ2n) is 7.14. The molecular weight excluding hydrogens is 350 g/mol. The fourth-order valence-corrected chi connectivity index (χ4v) is 2.86. The van der Waals surface area contributed by atoms with Crippen LogP contribution in [0.1, 0.15) is 39.0 Å². The summed E-state index contributed by atoms with van der Waals surface area (Å²) < 4.78 is 4.90. The van der Waals surface area contributed by atoms with Crippen molar-refractivity contribution >= 4 is 35.1 Å². The van der Waals surface area contributed by atoms with Crippen LogP contribution in [0.4, 0.5) is 11.5 Å². The van der Waals surface area contributed by atoms with Gasteiger partial charge in [-0.1, -0.05) is 38.1 Å². The molecule has 0 saturated heterocycles. The SMILES string of the molecule is Cc1cc(NC(=O)C(C)SCC(=O)Nc2ccc(C(C)(C)C)cc2)no1. The van der Waals surface area contributed by atoms with E-state index in [1.54, 1.807) is 19.9 Å². The number of carbonyl (C=O) groups is 2. The fourth-order valence-electron chi connectivity index (χ4n) is 2.18. The first-order valence-corrected chi connectivity index (χ1v) is 9.46. The van der Waals surface area contributed by atoms with E-state index in [0.29, 0.717) is 11.6 Å². The molecule has 0 bridgehead atoms. The molecule has 0 fully saturated rings. The average molecular weight is 375 g/mol. The Morgan fingerprint density at radius 1 is 1.19 bits per heavy atom. The van der Waals surface area contributed by atoms with E-state index < -0.39 is 0 Å². The number of nitrogens with zero attached hydrogens (tertiary/aromatic N) is 1. The van der Waals surface area contributed by atoms with Crippen molar-refractivity contribution in [3.05, 3.63) is 41.7 Å². The third-order valence-corrected chi connectivity index (χ3v) is 4.89. The van der Waals surface area contributed by atoms with Crippen molar-refractivity contribution in [1.29, 1.82) is 0 Å². The Bertz CT molecular complexity index is 763.